The summed E-state index contributed by atoms with van der Waals surface area (Å²) in [4.78, 5) is 0. The van der Waals surface area contributed by atoms with Crippen molar-refractivity contribution in [3.8, 4) is 23.0 Å². The molecule has 3 aromatic rings. The second kappa shape index (κ2) is 5.41. The van der Waals surface area contributed by atoms with Crippen LogP contribution >= 0.6 is 0 Å². The molecule has 108 valence electrons. The Balaban J connectivity index is 2.26. The van der Waals surface area contributed by atoms with Gasteiger partial charge < -0.3 is 0 Å². The van der Waals surface area contributed by atoms with E-state index in [0.717, 1.165) is 16.8 Å². The third-order valence-electron chi connectivity index (χ3n) is 3.70. The molecule has 22 heavy (non-hydrogen) atoms. The lowest BCUT2D eigenvalue weighted by Gasteiger charge is -2.11. The van der Waals surface area contributed by atoms with E-state index >= 15 is 0 Å². The van der Waals surface area contributed by atoms with E-state index in [1.54, 1.807) is 16.8 Å². The van der Waals surface area contributed by atoms with Gasteiger partial charge >= 0.3 is 0 Å². The van der Waals surface area contributed by atoms with Gasteiger partial charge in [0.1, 0.15) is 17.6 Å². The quantitative estimate of drug-likeness (QED) is 0.725. The molecule has 0 aliphatic heterocycles. The van der Waals surface area contributed by atoms with E-state index in [-0.39, 0.29) is 11.5 Å². The highest BCUT2D eigenvalue weighted by molar-refractivity contribution is 5.67. The van der Waals surface area contributed by atoms with Crippen molar-refractivity contribution in [1.82, 2.24) is 15.0 Å². The summed E-state index contributed by atoms with van der Waals surface area (Å²) >= 11 is 0. The summed E-state index contributed by atoms with van der Waals surface area (Å²) < 4.78 is 14.8. The number of aryl methyl sites for hydroxylation is 1. The van der Waals surface area contributed by atoms with Gasteiger partial charge in [-0.2, -0.15) is 5.26 Å². The van der Waals surface area contributed by atoms with E-state index in [1.807, 2.05) is 38.1 Å². The van der Waals surface area contributed by atoms with Crippen molar-refractivity contribution in [2.24, 2.45) is 0 Å². The third-order valence-corrected chi connectivity index (χ3v) is 3.70. The lowest BCUT2D eigenvalue weighted by molar-refractivity contribution is 0.628. The molecule has 4 nitrogen and oxygen atoms in total. The molecule has 0 aliphatic carbocycles. The molecule has 5 heteroatoms. The minimum Gasteiger partial charge on any atom is -0.211 e. The number of rotatable bonds is 2. The fraction of sp³-hybridized carbons (Fsp3) is 0.118. The molecule has 0 saturated heterocycles. The highest BCUT2D eigenvalue weighted by atomic mass is 19.1. The molecule has 1 aromatic heterocycles. The Labute approximate surface area is 127 Å². The third kappa shape index (κ3) is 2.25. The largest absolute Gasteiger partial charge is 0.211 e. The van der Waals surface area contributed by atoms with Crippen LogP contribution in [0.2, 0.25) is 0 Å². The zero-order chi connectivity index (χ0) is 15.7. The predicted octanol–water partition coefficient (Wildman–Crippen LogP) is 3.56. The molecule has 2 aromatic carbocycles. The smallest absolute Gasteiger partial charge is 0.191 e. The number of hydrogen-bond donors (Lipinski definition) is 0. The van der Waals surface area contributed by atoms with Gasteiger partial charge in [-0.1, -0.05) is 17.3 Å². The van der Waals surface area contributed by atoms with Crippen LogP contribution in [0.1, 0.15) is 16.8 Å². The van der Waals surface area contributed by atoms with Crippen LogP contribution in [0.4, 0.5) is 4.39 Å². The highest BCUT2D eigenvalue weighted by Gasteiger charge is 2.17. The van der Waals surface area contributed by atoms with Crippen LogP contribution in [0, 0.1) is 31.0 Å². The van der Waals surface area contributed by atoms with Gasteiger partial charge in [0.2, 0.25) is 0 Å². The second-order valence-corrected chi connectivity index (χ2v) is 5.04. The normalized spacial score (nSPS) is 10.5. The van der Waals surface area contributed by atoms with Crippen LogP contribution in [0.15, 0.2) is 42.5 Å². The molecule has 0 aliphatic rings. The van der Waals surface area contributed by atoms with Crippen LogP contribution in [0.25, 0.3) is 16.9 Å². The van der Waals surface area contributed by atoms with Crippen molar-refractivity contribution < 1.29 is 4.39 Å². The van der Waals surface area contributed by atoms with Crippen molar-refractivity contribution in [2.45, 2.75) is 13.8 Å². The van der Waals surface area contributed by atoms with Crippen molar-refractivity contribution >= 4 is 0 Å². The van der Waals surface area contributed by atoms with Gasteiger partial charge in [-0.05, 0) is 55.3 Å². The zero-order valence-electron chi connectivity index (χ0n) is 12.2. The topological polar surface area (TPSA) is 54.5 Å². The van der Waals surface area contributed by atoms with Crippen molar-refractivity contribution in [1.29, 1.82) is 5.26 Å². The SMILES string of the molecule is Cc1cccc(-n2nnc(C#N)c2-c2ccc(F)cc2)c1C. The summed E-state index contributed by atoms with van der Waals surface area (Å²) in [6.07, 6.45) is 0. The molecular weight excluding hydrogens is 279 g/mol. The molecule has 3 rings (SSSR count). The van der Waals surface area contributed by atoms with Crippen LogP contribution < -0.4 is 0 Å². The summed E-state index contributed by atoms with van der Waals surface area (Å²) in [6, 6.07) is 13.9. The van der Waals surface area contributed by atoms with Gasteiger partial charge in [-0.15, -0.1) is 5.10 Å². The van der Waals surface area contributed by atoms with Gasteiger partial charge in [0.05, 0.1) is 5.69 Å². The predicted molar refractivity (Wildman–Crippen MR) is 80.9 cm³/mol. The minimum atomic E-state index is -0.326. The lowest BCUT2D eigenvalue weighted by Crippen LogP contribution is -2.03. The van der Waals surface area contributed by atoms with E-state index < -0.39 is 0 Å². The van der Waals surface area contributed by atoms with Crippen LogP contribution in [0.5, 0.6) is 0 Å². The molecule has 0 spiro atoms. The Bertz CT molecular complexity index is 873. The first-order chi connectivity index (χ1) is 10.6. The van der Waals surface area contributed by atoms with Crippen molar-refractivity contribution in [2.75, 3.05) is 0 Å². The van der Waals surface area contributed by atoms with E-state index in [1.165, 1.54) is 12.1 Å². The van der Waals surface area contributed by atoms with Crippen molar-refractivity contribution in [3.63, 3.8) is 0 Å². The molecular formula is C17H13FN4. The van der Waals surface area contributed by atoms with Crippen LogP contribution in [-0.2, 0) is 0 Å². The van der Waals surface area contributed by atoms with Gasteiger partial charge in [-0.3, -0.25) is 0 Å². The molecule has 0 amide bonds. The Morgan fingerprint density at radius 3 is 2.50 bits per heavy atom. The Morgan fingerprint density at radius 1 is 1.09 bits per heavy atom. The Hall–Kier alpha value is -3.00. The Morgan fingerprint density at radius 2 is 1.82 bits per heavy atom. The number of hydrogen-bond acceptors (Lipinski definition) is 3. The molecule has 0 unspecified atom stereocenters. The summed E-state index contributed by atoms with van der Waals surface area (Å²) in [7, 11) is 0. The molecule has 0 radical (unpaired) electrons. The lowest BCUT2D eigenvalue weighted by atomic mass is 10.1. The number of nitriles is 1. The zero-order valence-corrected chi connectivity index (χ0v) is 12.2. The maximum Gasteiger partial charge on any atom is 0.191 e. The van der Waals surface area contributed by atoms with Gasteiger partial charge in [0.15, 0.2) is 5.69 Å². The summed E-state index contributed by atoms with van der Waals surface area (Å²) in [5, 5.41) is 17.3. The summed E-state index contributed by atoms with van der Waals surface area (Å²) in [5.74, 6) is -0.326. The van der Waals surface area contributed by atoms with E-state index in [0.29, 0.717) is 11.3 Å². The van der Waals surface area contributed by atoms with E-state index in [2.05, 4.69) is 10.3 Å². The number of benzene rings is 2. The fourth-order valence-corrected chi connectivity index (χ4v) is 2.36. The number of nitrogens with zero attached hydrogens (tertiary/aromatic N) is 4. The maximum absolute atomic E-state index is 13.1. The molecule has 0 bridgehead atoms. The first kappa shape index (κ1) is 14.0. The first-order valence-corrected chi connectivity index (χ1v) is 6.80. The van der Waals surface area contributed by atoms with Crippen LogP contribution in [0.3, 0.4) is 0 Å². The van der Waals surface area contributed by atoms with Gasteiger partial charge in [-0.25, -0.2) is 9.07 Å². The van der Waals surface area contributed by atoms with Gasteiger partial charge in [0.25, 0.3) is 0 Å². The molecule has 0 saturated carbocycles. The summed E-state index contributed by atoms with van der Waals surface area (Å²) in [6.45, 7) is 4.01. The Kier molecular flexibility index (Phi) is 3.43. The number of aromatic nitrogens is 3. The summed E-state index contributed by atoms with van der Waals surface area (Å²) in [5.41, 5.74) is 4.51. The average Bonchev–Trinajstić information content (AvgIpc) is 2.94. The molecule has 0 atom stereocenters. The molecule has 0 fully saturated rings. The van der Waals surface area contributed by atoms with Crippen molar-refractivity contribution in [3.05, 3.63) is 65.1 Å². The van der Waals surface area contributed by atoms with E-state index in [9.17, 15) is 9.65 Å². The molecule has 1 heterocycles. The highest BCUT2D eigenvalue weighted by Crippen LogP contribution is 2.27. The first-order valence-electron chi connectivity index (χ1n) is 6.80. The molecule has 0 N–H and O–H groups in total. The number of halogens is 1. The van der Waals surface area contributed by atoms with Gasteiger partial charge in [0, 0.05) is 5.56 Å². The fourth-order valence-electron chi connectivity index (χ4n) is 2.36. The van der Waals surface area contributed by atoms with Crippen LogP contribution in [-0.4, -0.2) is 15.0 Å². The monoisotopic (exact) mass is 292 g/mol. The maximum atomic E-state index is 13.1. The second-order valence-electron chi connectivity index (χ2n) is 5.04. The average molecular weight is 292 g/mol. The minimum absolute atomic E-state index is 0.215. The standard InChI is InChI=1S/C17H13FN4/c1-11-4-3-5-16(12(11)2)22-17(15(10-19)20-21-22)13-6-8-14(18)9-7-13/h3-9H,1-2H3. The van der Waals surface area contributed by atoms with E-state index in [4.69, 9.17) is 0 Å².